The van der Waals surface area contributed by atoms with Gasteiger partial charge in [-0.2, -0.15) is 0 Å². The summed E-state index contributed by atoms with van der Waals surface area (Å²) < 4.78 is 1.97. The van der Waals surface area contributed by atoms with Crippen molar-refractivity contribution in [2.75, 3.05) is 5.32 Å². The Kier molecular flexibility index (Phi) is 4.38. The number of aromatic nitrogens is 3. The normalized spacial score (nSPS) is 11.1. The molecule has 0 bridgehead atoms. The van der Waals surface area contributed by atoms with Crippen LogP contribution in [0.4, 0.5) is 5.13 Å². The first kappa shape index (κ1) is 16.4. The lowest BCUT2D eigenvalue weighted by Crippen LogP contribution is -2.27. The number of thiophene rings is 2. The van der Waals surface area contributed by atoms with Crippen LogP contribution >= 0.6 is 45.6 Å². The summed E-state index contributed by atoms with van der Waals surface area (Å²) in [7, 11) is 0. The first-order valence-electron chi connectivity index (χ1n) is 7.04. The summed E-state index contributed by atoms with van der Waals surface area (Å²) in [4.78, 5) is 34.7. The predicted molar refractivity (Wildman–Crippen MR) is 103 cm³/mol. The second kappa shape index (κ2) is 6.68. The highest BCUT2D eigenvalue weighted by Crippen LogP contribution is 2.32. The topological polar surface area (TPSA) is 76.9 Å². The fraction of sp³-hybridized carbons (Fsp3) is 0.0667. The Bertz CT molecular complexity index is 1130. The Morgan fingerprint density at radius 3 is 2.96 bits per heavy atom. The number of rotatable bonds is 4. The van der Waals surface area contributed by atoms with Gasteiger partial charge in [-0.25, -0.2) is 9.97 Å². The molecule has 25 heavy (non-hydrogen) atoms. The molecule has 0 saturated carbocycles. The van der Waals surface area contributed by atoms with Crippen LogP contribution in [-0.2, 0) is 11.3 Å². The van der Waals surface area contributed by atoms with Crippen LogP contribution in [0, 0.1) is 0 Å². The van der Waals surface area contributed by atoms with Crippen molar-refractivity contribution in [2.24, 2.45) is 0 Å². The van der Waals surface area contributed by atoms with Crippen LogP contribution in [0.1, 0.15) is 0 Å². The summed E-state index contributed by atoms with van der Waals surface area (Å²) in [5.74, 6) is -0.330. The highest BCUT2D eigenvalue weighted by Gasteiger charge is 2.12. The van der Waals surface area contributed by atoms with Gasteiger partial charge in [-0.15, -0.1) is 34.0 Å². The summed E-state index contributed by atoms with van der Waals surface area (Å²) in [6, 6.07) is 5.40. The van der Waals surface area contributed by atoms with E-state index in [0.717, 1.165) is 10.6 Å². The van der Waals surface area contributed by atoms with E-state index in [9.17, 15) is 9.59 Å². The molecule has 0 unspecified atom stereocenters. The molecule has 0 aliphatic heterocycles. The van der Waals surface area contributed by atoms with Gasteiger partial charge in [0.1, 0.15) is 11.4 Å². The minimum atomic E-state index is -0.330. The third kappa shape index (κ3) is 3.36. The Balaban J connectivity index is 1.49. The quantitative estimate of drug-likeness (QED) is 0.555. The van der Waals surface area contributed by atoms with Crippen molar-refractivity contribution in [3.8, 4) is 10.6 Å². The zero-order valence-electron chi connectivity index (χ0n) is 12.4. The van der Waals surface area contributed by atoms with Crippen LogP contribution in [0.2, 0.25) is 4.34 Å². The van der Waals surface area contributed by atoms with Crippen LogP contribution in [-0.4, -0.2) is 20.4 Å². The molecular weight excluding hydrogens is 400 g/mol. The molecule has 4 aromatic rings. The highest BCUT2D eigenvalue weighted by atomic mass is 35.5. The molecule has 4 heterocycles. The fourth-order valence-electron chi connectivity index (χ4n) is 2.22. The standard InChI is InChI=1S/C15H9ClN4O2S3/c16-11-2-1-10(25-11)9-6-24-15(18-9)19-12(21)5-20-7-17-13-8(14(20)22)3-4-23-13/h1-4,6-7H,5H2,(H,18,19,21). The molecule has 0 saturated heterocycles. The summed E-state index contributed by atoms with van der Waals surface area (Å²) in [5.41, 5.74) is 0.533. The number of carbonyl (C=O) groups is 1. The predicted octanol–water partition coefficient (Wildman–Crippen LogP) is 3.94. The molecule has 0 aromatic carbocycles. The molecule has 126 valence electrons. The van der Waals surface area contributed by atoms with Crippen LogP contribution in [0.3, 0.4) is 0 Å². The number of halogens is 1. The summed E-state index contributed by atoms with van der Waals surface area (Å²) in [5, 5.41) is 7.36. The third-order valence-electron chi connectivity index (χ3n) is 3.34. The number of anilines is 1. The minimum Gasteiger partial charge on any atom is -0.300 e. The fourth-order valence-corrected chi connectivity index (χ4v) is 4.74. The van der Waals surface area contributed by atoms with Gasteiger partial charge in [-0.05, 0) is 23.6 Å². The smallest absolute Gasteiger partial charge is 0.262 e. The number of fused-ring (bicyclic) bond motifs is 1. The number of nitrogens with one attached hydrogen (secondary N) is 1. The molecule has 10 heteroatoms. The maximum absolute atomic E-state index is 12.3. The second-order valence-corrected chi connectivity index (χ2v) is 8.47. The van der Waals surface area contributed by atoms with E-state index in [-0.39, 0.29) is 18.0 Å². The van der Waals surface area contributed by atoms with Crippen molar-refractivity contribution in [1.29, 1.82) is 0 Å². The SMILES string of the molecule is O=C(Cn1cnc2sccc2c1=O)Nc1nc(-c2ccc(Cl)s2)cs1. The number of nitrogens with zero attached hydrogens (tertiary/aromatic N) is 3. The van der Waals surface area contributed by atoms with Crippen molar-refractivity contribution in [1.82, 2.24) is 14.5 Å². The van der Waals surface area contributed by atoms with Crippen LogP contribution in [0.5, 0.6) is 0 Å². The van der Waals surface area contributed by atoms with Crippen LogP contribution in [0.15, 0.2) is 40.1 Å². The Morgan fingerprint density at radius 1 is 1.28 bits per heavy atom. The van der Waals surface area contributed by atoms with E-state index in [4.69, 9.17) is 11.6 Å². The number of hydrogen-bond acceptors (Lipinski definition) is 7. The second-order valence-electron chi connectivity index (χ2n) is 5.01. The van der Waals surface area contributed by atoms with Gasteiger partial charge in [0.15, 0.2) is 5.13 Å². The van der Waals surface area contributed by atoms with E-state index < -0.39 is 0 Å². The summed E-state index contributed by atoms with van der Waals surface area (Å²) in [6.45, 7) is -0.114. The number of amides is 1. The minimum absolute atomic E-state index is 0.114. The van der Waals surface area contributed by atoms with Crippen LogP contribution < -0.4 is 10.9 Å². The lowest BCUT2D eigenvalue weighted by molar-refractivity contribution is -0.116. The van der Waals surface area contributed by atoms with E-state index in [1.807, 2.05) is 11.4 Å². The molecule has 4 aromatic heterocycles. The molecule has 4 rings (SSSR count). The van der Waals surface area contributed by atoms with Gasteiger partial charge in [0.25, 0.3) is 5.56 Å². The van der Waals surface area contributed by atoms with Crippen LogP contribution in [0.25, 0.3) is 20.8 Å². The van der Waals surface area contributed by atoms with Gasteiger partial charge < -0.3 is 5.32 Å². The van der Waals surface area contributed by atoms with Gasteiger partial charge in [-0.3, -0.25) is 14.2 Å². The largest absolute Gasteiger partial charge is 0.300 e. The van der Waals surface area contributed by atoms with E-state index >= 15 is 0 Å². The summed E-state index contributed by atoms with van der Waals surface area (Å²) in [6.07, 6.45) is 1.39. The molecular formula is C15H9ClN4O2S3. The first-order chi connectivity index (χ1) is 12.1. The maximum atomic E-state index is 12.3. The average molecular weight is 409 g/mol. The van der Waals surface area contributed by atoms with Gasteiger partial charge in [-0.1, -0.05) is 11.6 Å². The highest BCUT2D eigenvalue weighted by molar-refractivity contribution is 7.20. The zero-order chi connectivity index (χ0) is 17.4. The van der Waals surface area contributed by atoms with Crippen molar-refractivity contribution in [2.45, 2.75) is 6.54 Å². The van der Waals surface area contributed by atoms with Gasteiger partial charge in [0, 0.05) is 5.38 Å². The van der Waals surface area contributed by atoms with E-state index in [1.165, 1.54) is 44.9 Å². The molecule has 1 amide bonds. The molecule has 0 aliphatic carbocycles. The maximum Gasteiger partial charge on any atom is 0.262 e. The van der Waals surface area contributed by atoms with Crippen molar-refractivity contribution in [3.63, 3.8) is 0 Å². The number of thiazole rings is 1. The Labute approximate surface area is 158 Å². The molecule has 0 atom stereocenters. The number of carbonyl (C=O) groups excluding carboxylic acids is 1. The molecule has 0 aliphatic rings. The zero-order valence-corrected chi connectivity index (χ0v) is 15.6. The average Bonchev–Trinajstić information content (AvgIpc) is 3.30. The third-order valence-corrected chi connectivity index (χ3v) is 6.17. The lowest BCUT2D eigenvalue weighted by atomic mass is 10.4. The molecule has 0 radical (unpaired) electrons. The number of hydrogen-bond donors (Lipinski definition) is 1. The Hall–Kier alpha value is -2.07. The van der Waals surface area contributed by atoms with Gasteiger partial charge >= 0.3 is 0 Å². The van der Waals surface area contributed by atoms with Crippen molar-refractivity contribution < 1.29 is 4.79 Å². The van der Waals surface area contributed by atoms with Crippen molar-refractivity contribution in [3.05, 3.63) is 50.0 Å². The molecule has 1 N–H and O–H groups in total. The van der Waals surface area contributed by atoms with Gasteiger partial charge in [0.05, 0.1) is 26.6 Å². The molecule has 0 spiro atoms. The lowest BCUT2D eigenvalue weighted by Gasteiger charge is -2.04. The first-order valence-corrected chi connectivity index (χ1v) is 9.99. The molecule has 6 nitrogen and oxygen atoms in total. The summed E-state index contributed by atoms with van der Waals surface area (Å²) >= 11 is 10.1. The van der Waals surface area contributed by atoms with E-state index in [2.05, 4.69) is 15.3 Å². The van der Waals surface area contributed by atoms with E-state index in [1.54, 1.807) is 17.5 Å². The van der Waals surface area contributed by atoms with Crippen molar-refractivity contribution >= 4 is 66.9 Å². The van der Waals surface area contributed by atoms with Gasteiger partial charge in [0.2, 0.25) is 5.91 Å². The Morgan fingerprint density at radius 2 is 2.16 bits per heavy atom. The monoisotopic (exact) mass is 408 g/mol. The van der Waals surface area contributed by atoms with E-state index in [0.29, 0.717) is 19.7 Å². The molecule has 0 fully saturated rings.